The highest BCUT2D eigenvalue weighted by atomic mass is 32.2. The Kier molecular flexibility index (Phi) is 5.07. The zero-order chi connectivity index (χ0) is 18.0. The van der Waals surface area contributed by atoms with Crippen molar-refractivity contribution in [3.05, 3.63) is 60.2 Å². The number of nitrogens with one attached hydrogen (secondary N) is 1. The van der Waals surface area contributed by atoms with Gasteiger partial charge in [0, 0.05) is 6.26 Å². The maximum Gasteiger partial charge on any atom is 0.242 e. The number of carbonyl (C=O) groups is 1. The smallest absolute Gasteiger partial charge is 0.242 e. The van der Waals surface area contributed by atoms with Crippen molar-refractivity contribution in [2.24, 2.45) is 5.73 Å². The normalized spacial score (nSPS) is 13.4. The third-order valence-corrected chi connectivity index (χ3v) is 5.99. The van der Waals surface area contributed by atoms with Gasteiger partial charge in [-0.3, -0.25) is 4.79 Å². The van der Waals surface area contributed by atoms with E-state index in [1.165, 1.54) is 18.2 Å². The molecule has 0 aliphatic carbocycles. The maximum absolute atomic E-state index is 12.6. The summed E-state index contributed by atoms with van der Waals surface area (Å²) in [5, 5.41) is 0. The summed E-state index contributed by atoms with van der Waals surface area (Å²) in [7, 11) is -8.07. The monoisotopic (exact) mass is 368 g/mol. The minimum atomic E-state index is -4.30. The van der Waals surface area contributed by atoms with E-state index in [0.29, 0.717) is 5.56 Å². The first-order valence-corrected chi connectivity index (χ1v) is 10.2. The first-order chi connectivity index (χ1) is 11.1. The van der Waals surface area contributed by atoms with E-state index in [-0.39, 0.29) is 4.90 Å². The largest absolute Gasteiger partial charge is 0.368 e. The van der Waals surface area contributed by atoms with E-state index in [9.17, 15) is 21.6 Å². The Labute approximate surface area is 140 Å². The molecule has 3 N–H and O–H groups in total. The van der Waals surface area contributed by atoms with Gasteiger partial charge in [-0.15, -0.1) is 0 Å². The standard InChI is InChI=1S/C15H16N2O5S2/c1-23(19,20)12-9-5-6-10-13(12)24(21,22)17-14(15(16)18)11-7-3-2-4-8-11/h2-10,14,17H,1H3,(H2,16,18). The zero-order valence-electron chi connectivity index (χ0n) is 12.7. The lowest BCUT2D eigenvalue weighted by atomic mass is 10.1. The van der Waals surface area contributed by atoms with Crippen LogP contribution in [0.3, 0.4) is 0 Å². The summed E-state index contributed by atoms with van der Waals surface area (Å²) in [6.45, 7) is 0. The molecule has 0 spiro atoms. The van der Waals surface area contributed by atoms with Crippen molar-refractivity contribution in [3.63, 3.8) is 0 Å². The molecule has 7 nitrogen and oxygen atoms in total. The number of sulfonamides is 1. The Bertz CT molecular complexity index is 954. The minimum absolute atomic E-state index is 0.352. The van der Waals surface area contributed by atoms with E-state index < -0.39 is 36.7 Å². The van der Waals surface area contributed by atoms with Crippen molar-refractivity contribution in [2.75, 3.05) is 6.26 Å². The van der Waals surface area contributed by atoms with E-state index in [1.54, 1.807) is 30.3 Å². The average molecular weight is 368 g/mol. The summed E-state index contributed by atoms with van der Waals surface area (Å²) >= 11 is 0. The van der Waals surface area contributed by atoms with Crippen molar-refractivity contribution in [3.8, 4) is 0 Å². The molecule has 0 bridgehead atoms. The molecule has 1 amide bonds. The van der Waals surface area contributed by atoms with Crippen molar-refractivity contribution >= 4 is 25.8 Å². The Hall–Kier alpha value is -2.23. The highest BCUT2D eigenvalue weighted by molar-refractivity contribution is 7.93. The van der Waals surface area contributed by atoms with Crippen LogP contribution in [0.15, 0.2) is 64.4 Å². The molecule has 128 valence electrons. The van der Waals surface area contributed by atoms with Gasteiger partial charge in [0.25, 0.3) is 0 Å². The van der Waals surface area contributed by atoms with Gasteiger partial charge in [-0.25, -0.2) is 16.8 Å². The van der Waals surface area contributed by atoms with Crippen LogP contribution in [0.5, 0.6) is 0 Å². The zero-order valence-corrected chi connectivity index (χ0v) is 14.3. The first kappa shape index (κ1) is 18.1. The van der Waals surface area contributed by atoms with Gasteiger partial charge in [0.05, 0.1) is 4.90 Å². The lowest BCUT2D eigenvalue weighted by Crippen LogP contribution is -2.37. The number of amides is 1. The first-order valence-electron chi connectivity index (χ1n) is 6.78. The molecule has 9 heteroatoms. The Morgan fingerprint density at radius 2 is 1.42 bits per heavy atom. The van der Waals surface area contributed by atoms with Crippen molar-refractivity contribution < 1.29 is 21.6 Å². The second-order valence-corrected chi connectivity index (χ2v) is 8.75. The van der Waals surface area contributed by atoms with Gasteiger partial charge in [0.2, 0.25) is 15.9 Å². The summed E-state index contributed by atoms with van der Waals surface area (Å²) in [5.74, 6) is -0.901. The number of carbonyl (C=O) groups excluding carboxylic acids is 1. The molecular weight excluding hydrogens is 352 g/mol. The van der Waals surface area contributed by atoms with Gasteiger partial charge in [0.1, 0.15) is 10.9 Å². The third-order valence-electron chi connectivity index (χ3n) is 3.23. The van der Waals surface area contributed by atoms with Crippen LogP contribution in [-0.4, -0.2) is 29.0 Å². The van der Waals surface area contributed by atoms with Crippen LogP contribution in [0.4, 0.5) is 0 Å². The summed E-state index contributed by atoms with van der Waals surface area (Å²) < 4.78 is 51.0. The Morgan fingerprint density at radius 1 is 0.917 bits per heavy atom. The SMILES string of the molecule is CS(=O)(=O)c1ccccc1S(=O)(=O)NC(C(N)=O)c1ccccc1. The molecule has 2 aromatic carbocycles. The van der Waals surface area contributed by atoms with Gasteiger partial charge >= 0.3 is 0 Å². The highest BCUT2D eigenvalue weighted by Gasteiger charge is 2.29. The molecule has 1 unspecified atom stereocenters. The third kappa shape index (κ3) is 3.99. The van der Waals surface area contributed by atoms with Crippen LogP contribution in [0.25, 0.3) is 0 Å². The second kappa shape index (κ2) is 6.71. The van der Waals surface area contributed by atoms with Crippen LogP contribution in [0.2, 0.25) is 0 Å². The summed E-state index contributed by atoms with van der Waals surface area (Å²) in [4.78, 5) is 10.9. The average Bonchev–Trinajstić information content (AvgIpc) is 2.52. The molecule has 0 radical (unpaired) electrons. The highest BCUT2D eigenvalue weighted by Crippen LogP contribution is 2.23. The minimum Gasteiger partial charge on any atom is -0.368 e. The van der Waals surface area contributed by atoms with E-state index in [2.05, 4.69) is 4.72 Å². The van der Waals surface area contributed by atoms with Crippen LogP contribution in [0, 0.1) is 0 Å². The Balaban J connectivity index is 2.50. The van der Waals surface area contributed by atoms with Gasteiger partial charge in [-0.1, -0.05) is 42.5 Å². The number of nitrogens with two attached hydrogens (primary N) is 1. The van der Waals surface area contributed by atoms with E-state index >= 15 is 0 Å². The lowest BCUT2D eigenvalue weighted by Gasteiger charge is -2.17. The second-order valence-electron chi connectivity index (χ2n) is 5.09. The molecule has 0 fully saturated rings. The molecule has 0 aliphatic rings. The number of sulfone groups is 1. The van der Waals surface area contributed by atoms with E-state index in [4.69, 9.17) is 5.73 Å². The number of hydrogen-bond donors (Lipinski definition) is 2. The molecule has 24 heavy (non-hydrogen) atoms. The fraction of sp³-hybridized carbons (Fsp3) is 0.133. The molecule has 0 saturated heterocycles. The molecule has 2 rings (SSSR count). The van der Waals surface area contributed by atoms with Crippen LogP contribution in [-0.2, 0) is 24.7 Å². The van der Waals surface area contributed by atoms with Gasteiger partial charge in [-0.05, 0) is 17.7 Å². The topological polar surface area (TPSA) is 123 Å². The predicted molar refractivity (Wildman–Crippen MR) is 88.3 cm³/mol. The quantitative estimate of drug-likeness (QED) is 0.772. The Morgan fingerprint density at radius 3 is 1.92 bits per heavy atom. The predicted octanol–water partition coefficient (Wildman–Crippen LogP) is 0.595. The molecular formula is C15H16N2O5S2. The van der Waals surface area contributed by atoms with Crippen LogP contribution < -0.4 is 10.5 Å². The van der Waals surface area contributed by atoms with E-state index in [1.807, 2.05) is 0 Å². The molecule has 0 heterocycles. The molecule has 2 aromatic rings. The van der Waals surface area contributed by atoms with Crippen LogP contribution >= 0.6 is 0 Å². The fourth-order valence-corrected chi connectivity index (χ4v) is 4.96. The van der Waals surface area contributed by atoms with Gasteiger partial charge in [-0.2, -0.15) is 4.72 Å². The molecule has 0 aliphatic heterocycles. The fourth-order valence-electron chi connectivity index (χ4n) is 2.13. The van der Waals surface area contributed by atoms with Crippen LogP contribution in [0.1, 0.15) is 11.6 Å². The molecule has 1 atom stereocenters. The van der Waals surface area contributed by atoms with Crippen molar-refractivity contribution in [1.29, 1.82) is 0 Å². The maximum atomic E-state index is 12.6. The number of rotatable bonds is 6. The van der Waals surface area contributed by atoms with Crippen molar-refractivity contribution in [2.45, 2.75) is 15.8 Å². The molecule has 0 saturated carbocycles. The van der Waals surface area contributed by atoms with E-state index in [0.717, 1.165) is 12.3 Å². The van der Waals surface area contributed by atoms with Crippen molar-refractivity contribution in [1.82, 2.24) is 4.72 Å². The lowest BCUT2D eigenvalue weighted by molar-refractivity contribution is -0.119. The summed E-state index contributed by atoms with van der Waals surface area (Å²) in [6.07, 6.45) is 0.907. The number of hydrogen-bond acceptors (Lipinski definition) is 5. The van der Waals surface area contributed by atoms with Gasteiger partial charge < -0.3 is 5.73 Å². The number of primary amides is 1. The number of benzene rings is 2. The summed E-state index contributed by atoms with van der Waals surface area (Å²) in [6, 6.07) is 11.9. The van der Waals surface area contributed by atoms with Gasteiger partial charge in [0.15, 0.2) is 9.84 Å². The molecule has 0 aromatic heterocycles. The summed E-state index contributed by atoms with van der Waals surface area (Å²) in [5.41, 5.74) is 5.65.